The summed E-state index contributed by atoms with van der Waals surface area (Å²) in [5.74, 6) is -0.427. The summed E-state index contributed by atoms with van der Waals surface area (Å²) in [5.41, 5.74) is 1.96. The quantitative estimate of drug-likeness (QED) is 0.504. The first-order valence-electron chi connectivity index (χ1n) is 6.92. The van der Waals surface area contributed by atoms with Crippen LogP contribution in [0.4, 0.5) is 0 Å². The largest absolute Gasteiger partial charge is 0.502 e. The first kappa shape index (κ1) is 15.6. The highest BCUT2D eigenvalue weighted by atomic mass is 16.5. The summed E-state index contributed by atoms with van der Waals surface area (Å²) >= 11 is 0. The Morgan fingerprint density at radius 3 is 2.50 bits per heavy atom. The van der Waals surface area contributed by atoms with E-state index < -0.39 is 11.7 Å². The van der Waals surface area contributed by atoms with Crippen molar-refractivity contribution in [2.45, 2.75) is 13.0 Å². The van der Waals surface area contributed by atoms with Crippen LogP contribution in [0.2, 0.25) is 0 Å². The Morgan fingerprint density at radius 1 is 1.09 bits per heavy atom. The van der Waals surface area contributed by atoms with E-state index >= 15 is 0 Å². The van der Waals surface area contributed by atoms with Crippen LogP contribution in [0.15, 0.2) is 66.4 Å². The summed E-state index contributed by atoms with van der Waals surface area (Å²) in [6.45, 7) is 0.463. The average Bonchev–Trinajstić information content (AvgIpc) is 2.58. The van der Waals surface area contributed by atoms with Gasteiger partial charge in [0.15, 0.2) is 5.76 Å². The Balaban J connectivity index is 2.05. The van der Waals surface area contributed by atoms with Gasteiger partial charge in [-0.25, -0.2) is 4.79 Å². The number of methoxy groups -OCH3 is 1. The van der Waals surface area contributed by atoms with Crippen LogP contribution in [-0.2, 0) is 22.6 Å². The summed E-state index contributed by atoms with van der Waals surface area (Å²) in [5, 5.41) is 9.52. The fraction of sp³-hybridized carbons (Fsp3) is 0.167. The molecule has 0 saturated carbocycles. The van der Waals surface area contributed by atoms with E-state index in [0.717, 1.165) is 16.9 Å². The Labute approximate surface area is 129 Å². The molecule has 2 rings (SSSR count). The first-order chi connectivity index (χ1) is 10.7. The molecule has 0 atom stereocenters. The van der Waals surface area contributed by atoms with Gasteiger partial charge < -0.3 is 14.6 Å². The Kier molecular flexibility index (Phi) is 5.60. The maximum atomic E-state index is 11.2. The number of ether oxygens (including phenoxy) is 2. The molecule has 0 unspecified atom stereocenters. The van der Waals surface area contributed by atoms with Crippen LogP contribution in [-0.4, -0.2) is 18.2 Å². The molecule has 0 aromatic heterocycles. The van der Waals surface area contributed by atoms with Crippen LogP contribution in [0.1, 0.15) is 11.1 Å². The Hall–Kier alpha value is -2.75. The summed E-state index contributed by atoms with van der Waals surface area (Å²) < 4.78 is 10.3. The van der Waals surface area contributed by atoms with Gasteiger partial charge in [-0.1, -0.05) is 48.5 Å². The van der Waals surface area contributed by atoms with Crippen LogP contribution < -0.4 is 4.74 Å². The molecular weight excluding hydrogens is 280 g/mol. The van der Waals surface area contributed by atoms with Crippen LogP contribution in [0.5, 0.6) is 5.75 Å². The number of allylic oxidation sites excluding steroid dienone is 1. The molecule has 4 nitrogen and oxygen atoms in total. The third kappa shape index (κ3) is 4.38. The number of aliphatic hydroxyl groups is 1. The minimum absolute atomic E-state index is 0.381. The second-order valence-electron chi connectivity index (χ2n) is 4.67. The van der Waals surface area contributed by atoms with Crippen molar-refractivity contribution in [1.82, 2.24) is 0 Å². The highest BCUT2D eigenvalue weighted by Crippen LogP contribution is 2.20. The van der Waals surface area contributed by atoms with E-state index in [2.05, 4.69) is 4.74 Å². The Morgan fingerprint density at radius 2 is 1.77 bits per heavy atom. The van der Waals surface area contributed by atoms with Gasteiger partial charge in [0.1, 0.15) is 12.4 Å². The van der Waals surface area contributed by atoms with Gasteiger partial charge in [-0.05, 0) is 29.7 Å². The SMILES string of the molecule is COC(=O)C(O)=CCc1ccccc1OCc1ccccc1. The zero-order chi connectivity index (χ0) is 15.8. The van der Waals surface area contributed by atoms with E-state index in [1.807, 2.05) is 54.6 Å². The number of hydrogen-bond donors (Lipinski definition) is 1. The van der Waals surface area contributed by atoms with Crippen LogP contribution in [0.25, 0.3) is 0 Å². The molecule has 0 fully saturated rings. The molecule has 0 aliphatic heterocycles. The normalized spacial score (nSPS) is 11.0. The zero-order valence-electron chi connectivity index (χ0n) is 12.4. The standard InChI is InChI=1S/C18H18O4/c1-21-18(20)16(19)12-11-15-9-5-6-10-17(15)22-13-14-7-3-2-4-8-14/h2-10,12,19H,11,13H2,1H3. The van der Waals surface area contributed by atoms with Gasteiger partial charge in [0.05, 0.1) is 7.11 Å². The van der Waals surface area contributed by atoms with Crippen molar-refractivity contribution in [3.05, 3.63) is 77.6 Å². The molecule has 1 N–H and O–H groups in total. The zero-order valence-corrected chi connectivity index (χ0v) is 12.4. The molecule has 0 spiro atoms. The smallest absolute Gasteiger partial charge is 0.372 e. The highest BCUT2D eigenvalue weighted by Gasteiger charge is 2.08. The molecule has 4 heteroatoms. The topological polar surface area (TPSA) is 55.8 Å². The van der Waals surface area contributed by atoms with Gasteiger partial charge in [-0.3, -0.25) is 0 Å². The van der Waals surface area contributed by atoms with Crippen LogP contribution in [0, 0.1) is 0 Å². The molecule has 22 heavy (non-hydrogen) atoms. The van der Waals surface area contributed by atoms with E-state index in [0.29, 0.717) is 13.0 Å². The molecule has 0 radical (unpaired) electrons. The molecule has 0 aliphatic rings. The number of rotatable bonds is 6. The first-order valence-corrected chi connectivity index (χ1v) is 6.92. The average molecular weight is 298 g/mol. The lowest BCUT2D eigenvalue weighted by Gasteiger charge is -2.10. The minimum Gasteiger partial charge on any atom is -0.502 e. The number of esters is 1. The van der Waals surface area contributed by atoms with E-state index in [9.17, 15) is 9.90 Å². The monoisotopic (exact) mass is 298 g/mol. The van der Waals surface area contributed by atoms with Crippen molar-refractivity contribution in [2.24, 2.45) is 0 Å². The maximum Gasteiger partial charge on any atom is 0.372 e. The molecular formula is C18H18O4. The van der Waals surface area contributed by atoms with Crippen LogP contribution >= 0.6 is 0 Å². The molecule has 0 amide bonds. The fourth-order valence-electron chi connectivity index (χ4n) is 1.94. The summed E-state index contributed by atoms with van der Waals surface area (Å²) in [4.78, 5) is 11.2. The van der Waals surface area contributed by atoms with E-state index in [-0.39, 0.29) is 0 Å². The van der Waals surface area contributed by atoms with Crippen molar-refractivity contribution in [3.8, 4) is 5.75 Å². The lowest BCUT2D eigenvalue weighted by atomic mass is 10.1. The third-order valence-electron chi connectivity index (χ3n) is 3.12. The molecule has 2 aromatic rings. The van der Waals surface area contributed by atoms with Gasteiger partial charge in [0.2, 0.25) is 0 Å². The predicted molar refractivity (Wildman–Crippen MR) is 83.6 cm³/mol. The molecule has 114 valence electrons. The number of hydrogen-bond acceptors (Lipinski definition) is 4. The molecule has 0 saturated heterocycles. The highest BCUT2D eigenvalue weighted by molar-refractivity contribution is 5.85. The van der Waals surface area contributed by atoms with Crippen molar-refractivity contribution in [3.63, 3.8) is 0 Å². The maximum absolute atomic E-state index is 11.2. The van der Waals surface area contributed by atoms with Gasteiger partial charge >= 0.3 is 5.97 Å². The van der Waals surface area contributed by atoms with Crippen molar-refractivity contribution < 1.29 is 19.4 Å². The lowest BCUT2D eigenvalue weighted by Crippen LogP contribution is -2.04. The fourth-order valence-corrected chi connectivity index (χ4v) is 1.94. The van der Waals surface area contributed by atoms with Crippen molar-refractivity contribution in [1.29, 1.82) is 0 Å². The molecule has 0 heterocycles. The number of carbonyl (C=O) groups is 1. The van der Waals surface area contributed by atoms with Gasteiger partial charge in [-0.15, -0.1) is 0 Å². The molecule has 0 aliphatic carbocycles. The Bertz CT molecular complexity index is 647. The minimum atomic E-state index is -0.748. The van der Waals surface area contributed by atoms with E-state index in [1.165, 1.54) is 13.2 Å². The number of para-hydroxylation sites is 1. The van der Waals surface area contributed by atoms with Crippen molar-refractivity contribution in [2.75, 3.05) is 7.11 Å². The van der Waals surface area contributed by atoms with E-state index in [1.54, 1.807) is 0 Å². The van der Waals surface area contributed by atoms with Gasteiger partial charge in [-0.2, -0.15) is 0 Å². The molecule has 0 bridgehead atoms. The second-order valence-corrected chi connectivity index (χ2v) is 4.67. The number of benzene rings is 2. The van der Waals surface area contributed by atoms with Crippen LogP contribution in [0.3, 0.4) is 0 Å². The summed E-state index contributed by atoms with van der Waals surface area (Å²) in [7, 11) is 1.23. The third-order valence-corrected chi connectivity index (χ3v) is 3.12. The number of carbonyl (C=O) groups excluding carboxylic acids is 1. The summed E-state index contributed by atoms with van der Waals surface area (Å²) in [6, 6.07) is 17.4. The second kappa shape index (κ2) is 7.88. The van der Waals surface area contributed by atoms with Crippen molar-refractivity contribution >= 4 is 5.97 Å². The molecule has 2 aromatic carbocycles. The predicted octanol–water partition coefficient (Wildman–Crippen LogP) is 3.42. The van der Waals surface area contributed by atoms with E-state index in [4.69, 9.17) is 4.74 Å². The summed E-state index contributed by atoms with van der Waals surface area (Å²) in [6.07, 6.45) is 1.79. The van der Waals surface area contributed by atoms with Gasteiger partial charge in [0.25, 0.3) is 0 Å². The van der Waals surface area contributed by atoms with Gasteiger partial charge in [0, 0.05) is 0 Å². The lowest BCUT2D eigenvalue weighted by molar-refractivity contribution is -0.139. The number of aliphatic hydroxyl groups excluding tert-OH is 1.